The molecule has 2 atom stereocenters. The highest BCUT2D eigenvalue weighted by atomic mass is 32.2. The Bertz CT molecular complexity index is 1290. The van der Waals surface area contributed by atoms with E-state index in [4.69, 9.17) is 14.6 Å². The number of urea groups is 1. The molecule has 0 radical (unpaired) electrons. The molecule has 4 rings (SSSR count). The monoisotopic (exact) mass is 491 g/mol. The molecule has 0 saturated heterocycles. The van der Waals surface area contributed by atoms with Crippen molar-refractivity contribution in [3.8, 4) is 22.6 Å². The quantitative estimate of drug-likeness (QED) is 0.572. The lowest BCUT2D eigenvalue weighted by Gasteiger charge is -2.22. The number of carbonyl (C=O) groups excluding carboxylic acids is 1. The summed E-state index contributed by atoms with van der Waals surface area (Å²) < 4.78 is 22.8. The number of hydrazone groups is 1. The summed E-state index contributed by atoms with van der Waals surface area (Å²) in [5, 5.41) is 8.99. The van der Waals surface area contributed by atoms with Crippen molar-refractivity contribution >= 4 is 22.5 Å². The number of rotatable bonds is 5. The number of amides is 2. The Kier molecular flexibility index (Phi) is 7.21. The highest BCUT2D eigenvalue weighted by Gasteiger charge is 2.28. The molecule has 0 fully saturated rings. The first kappa shape index (κ1) is 24.5. The number of carbonyl (C=O) groups is 1. The molecular weight excluding hydrogens is 462 g/mol. The molecule has 182 valence electrons. The fourth-order valence-corrected chi connectivity index (χ4v) is 4.73. The van der Waals surface area contributed by atoms with E-state index in [2.05, 4.69) is 5.32 Å². The van der Waals surface area contributed by atoms with Crippen LogP contribution in [-0.2, 0) is 17.2 Å². The van der Waals surface area contributed by atoms with Crippen molar-refractivity contribution in [2.24, 2.45) is 5.10 Å². The van der Waals surface area contributed by atoms with Gasteiger partial charge in [0.2, 0.25) is 0 Å². The Balaban J connectivity index is 1.81. The van der Waals surface area contributed by atoms with Crippen molar-refractivity contribution in [1.82, 2.24) is 10.3 Å². The third-order valence-electron chi connectivity index (χ3n) is 6.10. The molecular formula is C27H29N3O4S. The van der Waals surface area contributed by atoms with Crippen LogP contribution >= 0.6 is 0 Å². The lowest BCUT2D eigenvalue weighted by molar-refractivity contribution is 0.184. The largest absolute Gasteiger partial charge is 0.493 e. The molecule has 3 aromatic rings. The van der Waals surface area contributed by atoms with Crippen LogP contribution in [0.1, 0.15) is 23.6 Å². The number of hydrogen-bond acceptors (Lipinski definition) is 5. The third kappa shape index (κ3) is 4.93. The van der Waals surface area contributed by atoms with E-state index in [9.17, 15) is 9.00 Å². The van der Waals surface area contributed by atoms with Gasteiger partial charge in [-0.2, -0.15) is 5.10 Å². The minimum absolute atomic E-state index is 0.161. The van der Waals surface area contributed by atoms with E-state index >= 15 is 0 Å². The van der Waals surface area contributed by atoms with E-state index in [0.717, 1.165) is 32.7 Å². The van der Waals surface area contributed by atoms with E-state index in [0.29, 0.717) is 23.6 Å². The third-order valence-corrected chi connectivity index (χ3v) is 7.04. The molecule has 0 spiro atoms. The Morgan fingerprint density at radius 2 is 1.51 bits per heavy atom. The summed E-state index contributed by atoms with van der Waals surface area (Å²) in [6, 6.07) is 19.2. The number of nitrogens with one attached hydrogen (secondary N) is 1. The van der Waals surface area contributed by atoms with Gasteiger partial charge >= 0.3 is 6.03 Å². The van der Waals surface area contributed by atoms with E-state index in [1.165, 1.54) is 5.01 Å². The first-order chi connectivity index (χ1) is 16.9. The van der Waals surface area contributed by atoms with Gasteiger partial charge in [0.05, 0.1) is 26.0 Å². The number of ether oxygens (including phenoxy) is 2. The van der Waals surface area contributed by atoms with Crippen molar-refractivity contribution < 1.29 is 18.5 Å². The van der Waals surface area contributed by atoms with Crippen molar-refractivity contribution in [3.63, 3.8) is 0 Å². The van der Waals surface area contributed by atoms with Gasteiger partial charge in [-0.3, -0.25) is 4.21 Å². The van der Waals surface area contributed by atoms with Gasteiger partial charge in [-0.25, -0.2) is 9.80 Å². The molecule has 0 saturated carbocycles. The van der Waals surface area contributed by atoms with Gasteiger partial charge < -0.3 is 14.8 Å². The molecule has 1 aliphatic heterocycles. The highest BCUT2D eigenvalue weighted by molar-refractivity contribution is 7.84. The zero-order valence-electron chi connectivity index (χ0n) is 20.5. The summed E-state index contributed by atoms with van der Waals surface area (Å²) in [5.74, 6) is 1.24. The standard InChI is InChI=1S/C27H29N3O4S/c1-17-14-21-15-24(33-3)25(34-4)16-23(21)26(29-30(17)27(31)28-2)20-8-6-18(7-9-20)19-10-12-22(13-11-19)35(5)32/h6-13,15-17H,14H2,1-5H3,(H,28,31). The van der Waals surface area contributed by atoms with Crippen LogP contribution in [0.15, 0.2) is 70.7 Å². The van der Waals surface area contributed by atoms with Crippen LogP contribution in [-0.4, -0.2) is 54.5 Å². The van der Waals surface area contributed by atoms with Crippen LogP contribution in [0, 0.1) is 0 Å². The van der Waals surface area contributed by atoms with Crippen molar-refractivity contribution in [2.45, 2.75) is 24.3 Å². The molecule has 2 unspecified atom stereocenters. The minimum atomic E-state index is -1.01. The van der Waals surface area contributed by atoms with Gasteiger partial charge in [-0.15, -0.1) is 0 Å². The fourth-order valence-electron chi connectivity index (χ4n) is 4.21. The second kappa shape index (κ2) is 10.3. The van der Waals surface area contributed by atoms with Gasteiger partial charge in [0.25, 0.3) is 0 Å². The van der Waals surface area contributed by atoms with Gasteiger partial charge in [-0.1, -0.05) is 36.4 Å². The fraction of sp³-hybridized carbons (Fsp3) is 0.259. The zero-order chi connectivity index (χ0) is 25.1. The molecule has 3 aromatic carbocycles. The van der Waals surface area contributed by atoms with Gasteiger partial charge in [0, 0.05) is 40.1 Å². The lowest BCUT2D eigenvalue weighted by atomic mass is 9.93. The second-order valence-electron chi connectivity index (χ2n) is 8.32. The van der Waals surface area contributed by atoms with Crippen LogP contribution in [0.5, 0.6) is 11.5 Å². The lowest BCUT2D eigenvalue weighted by Crippen LogP contribution is -2.41. The van der Waals surface area contributed by atoms with Crippen molar-refractivity contribution in [3.05, 3.63) is 77.4 Å². The van der Waals surface area contributed by atoms with E-state index in [1.54, 1.807) is 27.5 Å². The van der Waals surface area contributed by atoms with Gasteiger partial charge in [0.1, 0.15) is 0 Å². The Labute approximate surface area is 208 Å². The number of methoxy groups -OCH3 is 2. The molecule has 8 heteroatoms. The summed E-state index contributed by atoms with van der Waals surface area (Å²) >= 11 is 0. The molecule has 1 aliphatic rings. The summed E-state index contributed by atoms with van der Waals surface area (Å²) in [6.45, 7) is 1.97. The van der Waals surface area contributed by atoms with Crippen molar-refractivity contribution in [2.75, 3.05) is 27.5 Å². The Morgan fingerprint density at radius 1 is 0.971 bits per heavy atom. The first-order valence-corrected chi connectivity index (χ1v) is 12.8. The Morgan fingerprint density at radius 3 is 2.06 bits per heavy atom. The smallest absolute Gasteiger partial charge is 0.337 e. The molecule has 1 heterocycles. The average molecular weight is 492 g/mol. The molecule has 0 aliphatic carbocycles. The number of hydrogen-bond donors (Lipinski definition) is 1. The SMILES string of the molecule is CNC(=O)N1N=C(c2ccc(-c3ccc(S(C)=O)cc3)cc2)c2cc(OC)c(OC)cc2CC1C. The zero-order valence-corrected chi connectivity index (χ0v) is 21.3. The topological polar surface area (TPSA) is 80.2 Å². The maximum absolute atomic E-state index is 12.7. The van der Waals surface area contributed by atoms with Crippen LogP contribution in [0.25, 0.3) is 11.1 Å². The first-order valence-electron chi connectivity index (χ1n) is 11.2. The van der Waals surface area contributed by atoms with Gasteiger partial charge in [0.15, 0.2) is 11.5 Å². The summed E-state index contributed by atoms with van der Waals surface area (Å²) in [7, 11) is 3.80. The van der Waals surface area contributed by atoms with Crippen LogP contribution in [0.3, 0.4) is 0 Å². The summed E-state index contributed by atoms with van der Waals surface area (Å²) in [6.07, 6.45) is 2.28. The average Bonchev–Trinajstić information content (AvgIpc) is 3.03. The molecule has 1 N–H and O–H groups in total. The maximum atomic E-state index is 12.7. The predicted molar refractivity (Wildman–Crippen MR) is 139 cm³/mol. The van der Waals surface area contributed by atoms with E-state index in [1.807, 2.05) is 67.6 Å². The Hall–Kier alpha value is -3.65. The maximum Gasteiger partial charge on any atom is 0.337 e. The normalized spacial score (nSPS) is 16.0. The molecule has 0 aromatic heterocycles. The van der Waals surface area contributed by atoms with E-state index in [-0.39, 0.29) is 12.1 Å². The van der Waals surface area contributed by atoms with Crippen LogP contribution in [0.2, 0.25) is 0 Å². The highest BCUT2D eigenvalue weighted by Crippen LogP contribution is 2.35. The van der Waals surface area contributed by atoms with E-state index < -0.39 is 10.8 Å². The molecule has 35 heavy (non-hydrogen) atoms. The predicted octanol–water partition coefficient (Wildman–Crippen LogP) is 4.45. The summed E-state index contributed by atoms with van der Waals surface area (Å²) in [4.78, 5) is 13.4. The van der Waals surface area contributed by atoms with Crippen LogP contribution < -0.4 is 14.8 Å². The van der Waals surface area contributed by atoms with Gasteiger partial charge in [-0.05, 0) is 54.3 Å². The van der Waals surface area contributed by atoms with Crippen molar-refractivity contribution in [1.29, 1.82) is 0 Å². The second-order valence-corrected chi connectivity index (χ2v) is 9.70. The number of benzene rings is 3. The molecule has 2 amide bonds. The molecule has 7 nitrogen and oxygen atoms in total. The number of fused-ring (bicyclic) bond motifs is 1. The number of nitrogens with zero attached hydrogens (tertiary/aromatic N) is 2. The summed E-state index contributed by atoms with van der Waals surface area (Å²) in [5.41, 5.74) is 5.52. The van der Waals surface area contributed by atoms with Crippen LogP contribution in [0.4, 0.5) is 4.79 Å². The minimum Gasteiger partial charge on any atom is -0.493 e. The molecule has 0 bridgehead atoms.